The molecule has 5 heteroatoms. The first-order chi connectivity index (χ1) is 11.7. The summed E-state index contributed by atoms with van der Waals surface area (Å²) in [7, 11) is 0. The largest absolute Gasteiger partial charge is 0.455 e. The molecule has 0 aliphatic heterocycles. The van der Waals surface area contributed by atoms with Crippen molar-refractivity contribution in [2.45, 2.75) is 25.0 Å². The van der Waals surface area contributed by atoms with Crippen molar-refractivity contribution in [1.82, 2.24) is 5.32 Å². The molecule has 0 bridgehead atoms. The van der Waals surface area contributed by atoms with E-state index in [2.05, 4.69) is 36.5 Å². The van der Waals surface area contributed by atoms with Crippen LogP contribution < -0.4 is 5.32 Å². The lowest BCUT2D eigenvalue weighted by Gasteiger charge is -2.04. The molecule has 1 amide bonds. The van der Waals surface area contributed by atoms with Gasteiger partial charge in [-0.1, -0.05) is 30.3 Å². The molecular formula is C19H19NO2S2. The van der Waals surface area contributed by atoms with Crippen LogP contribution in [0.25, 0.3) is 0 Å². The van der Waals surface area contributed by atoms with Gasteiger partial charge in [0.25, 0.3) is 5.91 Å². The number of amides is 1. The molecule has 24 heavy (non-hydrogen) atoms. The SMILES string of the molecule is Cc1ccccc1CSCc1ccc(C(=O)NCc2cccs2)o1. The summed E-state index contributed by atoms with van der Waals surface area (Å²) in [4.78, 5) is 13.2. The van der Waals surface area contributed by atoms with Crippen LogP contribution in [-0.2, 0) is 18.1 Å². The lowest BCUT2D eigenvalue weighted by atomic mass is 10.1. The molecule has 2 heterocycles. The lowest BCUT2D eigenvalue weighted by molar-refractivity contribution is 0.0922. The summed E-state index contributed by atoms with van der Waals surface area (Å²) in [5, 5.41) is 4.87. The van der Waals surface area contributed by atoms with E-state index in [1.807, 2.05) is 23.6 Å². The van der Waals surface area contributed by atoms with Gasteiger partial charge in [-0.15, -0.1) is 23.1 Å². The van der Waals surface area contributed by atoms with Gasteiger partial charge in [0.05, 0.1) is 12.3 Å². The minimum absolute atomic E-state index is 0.168. The van der Waals surface area contributed by atoms with Crippen molar-refractivity contribution in [3.63, 3.8) is 0 Å². The molecule has 3 nitrogen and oxygen atoms in total. The third kappa shape index (κ3) is 4.52. The number of aryl methyl sites for hydroxylation is 1. The molecule has 0 unspecified atom stereocenters. The average Bonchev–Trinajstić information content (AvgIpc) is 3.26. The Hall–Kier alpha value is -1.98. The molecule has 0 spiro atoms. The summed E-state index contributed by atoms with van der Waals surface area (Å²) < 4.78 is 5.65. The predicted molar refractivity (Wildman–Crippen MR) is 100 cm³/mol. The Bertz CT molecular complexity index is 793. The number of hydrogen-bond donors (Lipinski definition) is 1. The van der Waals surface area contributed by atoms with Gasteiger partial charge in [-0.05, 0) is 41.6 Å². The molecule has 0 radical (unpaired) electrons. The van der Waals surface area contributed by atoms with Crippen molar-refractivity contribution in [3.05, 3.63) is 81.4 Å². The summed E-state index contributed by atoms with van der Waals surface area (Å²) in [6, 6.07) is 16.0. The highest BCUT2D eigenvalue weighted by molar-refractivity contribution is 7.97. The van der Waals surface area contributed by atoms with Gasteiger partial charge in [0, 0.05) is 10.6 Å². The van der Waals surface area contributed by atoms with Gasteiger partial charge >= 0.3 is 0 Å². The fourth-order valence-electron chi connectivity index (χ4n) is 2.28. The van der Waals surface area contributed by atoms with Gasteiger partial charge in [-0.3, -0.25) is 4.79 Å². The second-order valence-electron chi connectivity index (χ2n) is 5.45. The van der Waals surface area contributed by atoms with Crippen LogP contribution in [0.15, 0.2) is 58.3 Å². The number of furan rings is 1. The second kappa shape index (κ2) is 8.22. The monoisotopic (exact) mass is 357 g/mol. The second-order valence-corrected chi connectivity index (χ2v) is 7.47. The topological polar surface area (TPSA) is 42.2 Å². The first kappa shape index (κ1) is 16.9. The molecule has 124 valence electrons. The van der Waals surface area contributed by atoms with Crippen molar-refractivity contribution < 1.29 is 9.21 Å². The number of rotatable bonds is 7. The zero-order valence-electron chi connectivity index (χ0n) is 13.5. The Kier molecular flexibility index (Phi) is 5.77. The van der Waals surface area contributed by atoms with Gasteiger partial charge in [0.15, 0.2) is 5.76 Å². The minimum Gasteiger partial charge on any atom is -0.455 e. The van der Waals surface area contributed by atoms with Crippen molar-refractivity contribution in [2.75, 3.05) is 0 Å². The summed E-state index contributed by atoms with van der Waals surface area (Å²) in [5.74, 6) is 2.73. The number of thiophene rings is 1. The molecule has 0 saturated carbocycles. The normalized spacial score (nSPS) is 10.7. The quantitative estimate of drug-likeness (QED) is 0.646. The molecule has 0 fully saturated rings. The molecule has 3 aromatic rings. The van der Waals surface area contributed by atoms with Crippen LogP contribution in [0.3, 0.4) is 0 Å². The fourth-order valence-corrected chi connectivity index (χ4v) is 3.93. The number of carbonyl (C=O) groups is 1. The third-order valence-corrected chi connectivity index (χ3v) is 5.53. The van der Waals surface area contributed by atoms with E-state index < -0.39 is 0 Å². The summed E-state index contributed by atoms with van der Waals surface area (Å²) in [6.07, 6.45) is 0. The Morgan fingerprint density at radius 2 is 2.00 bits per heavy atom. The summed E-state index contributed by atoms with van der Waals surface area (Å²) >= 11 is 3.41. The van der Waals surface area contributed by atoms with Crippen LogP contribution in [0.1, 0.15) is 32.3 Å². The van der Waals surface area contributed by atoms with Gasteiger partial charge in [-0.2, -0.15) is 0 Å². The van der Waals surface area contributed by atoms with E-state index in [0.29, 0.717) is 12.3 Å². The molecule has 0 aliphatic carbocycles. The maximum atomic E-state index is 12.1. The standard InChI is InChI=1S/C19H19NO2S2/c1-14-5-2-3-6-15(14)12-23-13-16-8-9-18(22-16)19(21)20-11-17-7-4-10-24-17/h2-10H,11-13H2,1H3,(H,20,21). The number of nitrogens with one attached hydrogen (secondary N) is 1. The molecule has 0 atom stereocenters. The maximum Gasteiger partial charge on any atom is 0.287 e. The van der Waals surface area contributed by atoms with E-state index >= 15 is 0 Å². The van der Waals surface area contributed by atoms with Crippen LogP contribution in [-0.4, -0.2) is 5.91 Å². The van der Waals surface area contributed by atoms with Crippen molar-refractivity contribution in [2.24, 2.45) is 0 Å². The van der Waals surface area contributed by atoms with Gasteiger partial charge in [0.2, 0.25) is 0 Å². The fraction of sp³-hybridized carbons (Fsp3) is 0.211. The lowest BCUT2D eigenvalue weighted by Crippen LogP contribution is -2.21. The highest BCUT2D eigenvalue weighted by Crippen LogP contribution is 2.21. The zero-order chi connectivity index (χ0) is 16.8. The van der Waals surface area contributed by atoms with Crippen LogP contribution >= 0.6 is 23.1 Å². The van der Waals surface area contributed by atoms with E-state index in [-0.39, 0.29) is 5.91 Å². The molecule has 3 rings (SSSR count). The van der Waals surface area contributed by atoms with E-state index in [1.165, 1.54) is 11.1 Å². The minimum atomic E-state index is -0.168. The van der Waals surface area contributed by atoms with E-state index in [1.54, 1.807) is 29.2 Å². The summed E-state index contributed by atoms with van der Waals surface area (Å²) in [5.41, 5.74) is 2.64. The van der Waals surface area contributed by atoms with Crippen molar-refractivity contribution in [1.29, 1.82) is 0 Å². The number of hydrogen-bond acceptors (Lipinski definition) is 4. The first-order valence-electron chi connectivity index (χ1n) is 7.74. The average molecular weight is 358 g/mol. The number of thioether (sulfide) groups is 1. The van der Waals surface area contributed by atoms with Crippen LogP contribution in [0.4, 0.5) is 0 Å². The highest BCUT2D eigenvalue weighted by Gasteiger charge is 2.11. The molecule has 0 saturated heterocycles. The molecular weight excluding hydrogens is 338 g/mol. The van der Waals surface area contributed by atoms with Gasteiger partial charge in [-0.25, -0.2) is 0 Å². The van der Waals surface area contributed by atoms with E-state index in [9.17, 15) is 4.79 Å². The molecule has 0 aliphatic rings. The predicted octanol–water partition coefficient (Wildman–Crippen LogP) is 5.01. The van der Waals surface area contributed by atoms with Crippen LogP contribution in [0.2, 0.25) is 0 Å². The van der Waals surface area contributed by atoms with Crippen molar-refractivity contribution >= 4 is 29.0 Å². The van der Waals surface area contributed by atoms with Crippen molar-refractivity contribution in [3.8, 4) is 0 Å². The molecule has 1 aromatic carbocycles. The number of carbonyl (C=O) groups excluding carboxylic acids is 1. The summed E-state index contributed by atoms with van der Waals surface area (Å²) in [6.45, 7) is 2.66. The van der Waals surface area contributed by atoms with E-state index in [4.69, 9.17) is 4.42 Å². The van der Waals surface area contributed by atoms with Gasteiger partial charge in [0.1, 0.15) is 5.76 Å². The molecule has 2 aromatic heterocycles. The first-order valence-corrected chi connectivity index (χ1v) is 9.77. The Morgan fingerprint density at radius 3 is 2.79 bits per heavy atom. The highest BCUT2D eigenvalue weighted by atomic mass is 32.2. The Labute approximate surface area is 150 Å². The third-order valence-electron chi connectivity index (χ3n) is 3.65. The number of benzene rings is 1. The van der Waals surface area contributed by atoms with Gasteiger partial charge < -0.3 is 9.73 Å². The maximum absolute atomic E-state index is 12.1. The van der Waals surface area contributed by atoms with E-state index in [0.717, 1.165) is 22.1 Å². The Morgan fingerprint density at radius 1 is 1.12 bits per heavy atom. The molecule has 1 N–H and O–H groups in total. The smallest absolute Gasteiger partial charge is 0.287 e. The zero-order valence-corrected chi connectivity index (χ0v) is 15.1. The van der Waals surface area contributed by atoms with Crippen LogP contribution in [0, 0.1) is 6.92 Å². The van der Waals surface area contributed by atoms with Crippen LogP contribution in [0.5, 0.6) is 0 Å². The Balaban J connectivity index is 1.48.